The van der Waals surface area contributed by atoms with Crippen LogP contribution in [0.2, 0.25) is 0 Å². The lowest BCUT2D eigenvalue weighted by Gasteiger charge is -2.22. The van der Waals surface area contributed by atoms with Gasteiger partial charge in [-0.25, -0.2) is 0 Å². The van der Waals surface area contributed by atoms with E-state index in [9.17, 15) is 0 Å². The molecule has 41 heavy (non-hydrogen) atoms. The normalized spacial score (nSPS) is 14.3. The highest BCUT2D eigenvalue weighted by molar-refractivity contribution is 4.67. The molecular formula is C33H67NO7. The van der Waals surface area contributed by atoms with E-state index in [1.807, 2.05) is 0 Å². The SMILES string of the molecule is CCCCCCCCCCCCCCCCOCCOCCOCCOCCOCCOCCOC1CCNCC1. The number of piperidine rings is 1. The molecule has 8 nitrogen and oxygen atoms in total. The van der Waals surface area contributed by atoms with Crippen molar-refractivity contribution >= 4 is 0 Å². The van der Waals surface area contributed by atoms with Crippen molar-refractivity contribution in [2.45, 2.75) is 116 Å². The van der Waals surface area contributed by atoms with Crippen LogP contribution >= 0.6 is 0 Å². The van der Waals surface area contributed by atoms with E-state index < -0.39 is 0 Å². The molecule has 0 radical (unpaired) electrons. The van der Waals surface area contributed by atoms with Crippen LogP contribution in [0.1, 0.15) is 110 Å². The smallest absolute Gasteiger partial charge is 0.0704 e. The maximum Gasteiger partial charge on any atom is 0.0704 e. The van der Waals surface area contributed by atoms with Gasteiger partial charge in [0.15, 0.2) is 0 Å². The number of hydrogen-bond donors (Lipinski definition) is 1. The Morgan fingerprint density at radius 2 is 0.707 bits per heavy atom. The molecule has 246 valence electrons. The second-order valence-corrected chi connectivity index (χ2v) is 11.1. The molecule has 0 amide bonds. The number of rotatable bonds is 34. The number of ether oxygens (including phenoxy) is 7. The zero-order chi connectivity index (χ0) is 29.2. The van der Waals surface area contributed by atoms with Crippen LogP contribution in [0, 0.1) is 0 Å². The van der Waals surface area contributed by atoms with Crippen molar-refractivity contribution in [1.82, 2.24) is 5.32 Å². The van der Waals surface area contributed by atoms with E-state index in [1.54, 1.807) is 0 Å². The van der Waals surface area contributed by atoms with Crippen LogP contribution in [-0.2, 0) is 33.2 Å². The Hall–Kier alpha value is -0.320. The first-order valence-electron chi connectivity index (χ1n) is 17.2. The Morgan fingerprint density at radius 3 is 1.10 bits per heavy atom. The van der Waals surface area contributed by atoms with Gasteiger partial charge in [0.25, 0.3) is 0 Å². The summed E-state index contributed by atoms with van der Waals surface area (Å²) in [6.07, 6.45) is 21.9. The van der Waals surface area contributed by atoms with Crippen LogP contribution in [0.3, 0.4) is 0 Å². The van der Waals surface area contributed by atoms with Crippen molar-refractivity contribution in [1.29, 1.82) is 0 Å². The van der Waals surface area contributed by atoms with Crippen LogP contribution in [0.25, 0.3) is 0 Å². The van der Waals surface area contributed by atoms with Gasteiger partial charge in [-0.3, -0.25) is 0 Å². The predicted molar refractivity (Wildman–Crippen MR) is 167 cm³/mol. The lowest BCUT2D eigenvalue weighted by molar-refractivity contribution is -0.0306. The van der Waals surface area contributed by atoms with E-state index in [4.69, 9.17) is 33.2 Å². The highest BCUT2D eigenvalue weighted by Crippen LogP contribution is 2.13. The third kappa shape index (κ3) is 30.9. The lowest BCUT2D eigenvalue weighted by atomic mass is 10.0. The van der Waals surface area contributed by atoms with Crippen molar-refractivity contribution in [3.8, 4) is 0 Å². The summed E-state index contributed by atoms with van der Waals surface area (Å²) in [6.45, 7) is 12.4. The van der Waals surface area contributed by atoms with Crippen molar-refractivity contribution in [3.63, 3.8) is 0 Å². The molecule has 0 aliphatic carbocycles. The summed E-state index contributed by atoms with van der Waals surface area (Å²) in [5, 5.41) is 3.34. The van der Waals surface area contributed by atoms with E-state index in [-0.39, 0.29) is 0 Å². The second-order valence-electron chi connectivity index (χ2n) is 11.1. The Kier molecular flexibility index (Phi) is 32.3. The van der Waals surface area contributed by atoms with Gasteiger partial charge in [-0.05, 0) is 32.4 Å². The molecule has 1 heterocycles. The fraction of sp³-hybridized carbons (Fsp3) is 1.00. The van der Waals surface area contributed by atoms with Crippen molar-refractivity contribution in [3.05, 3.63) is 0 Å². The quantitative estimate of drug-likeness (QED) is 0.0872. The summed E-state index contributed by atoms with van der Waals surface area (Å²) in [5.41, 5.74) is 0. The van der Waals surface area contributed by atoms with Gasteiger partial charge in [-0.2, -0.15) is 0 Å². The molecule has 1 aliphatic heterocycles. The highest BCUT2D eigenvalue weighted by atomic mass is 16.6. The molecule has 1 N–H and O–H groups in total. The molecule has 0 bridgehead atoms. The molecule has 0 aromatic heterocycles. The minimum absolute atomic E-state index is 0.387. The lowest BCUT2D eigenvalue weighted by Crippen LogP contribution is -2.33. The first-order chi connectivity index (χ1) is 20.4. The minimum atomic E-state index is 0.387. The molecule has 0 spiro atoms. The Morgan fingerprint density at radius 1 is 0.390 bits per heavy atom. The van der Waals surface area contributed by atoms with Gasteiger partial charge in [0, 0.05) is 6.61 Å². The van der Waals surface area contributed by atoms with Crippen LogP contribution in [-0.4, -0.2) is 105 Å². The van der Waals surface area contributed by atoms with Gasteiger partial charge in [-0.1, -0.05) is 90.4 Å². The third-order valence-corrected chi connectivity index (χ3v) is 7.37. The molecule has 8 heteroatoms. The first-order valence-corrected chi connectivity index (χ1v) is 17.2. The zero-order valence-corrected chi connectivity index (χ0v) is 26.9. The zero-order valence-electron chi connectivity index (χ0n) is 26.9. The summed E-state index contributed by atoms with van der Waals surface area (Å²) in [4.78, 5) is 0. The average Bonchev–Trinajstić information content (AvgIpc) is 3.00. The molecule has 0 atom stereocenters. The molecule has 1 rings (SSSR count). The molecule has 0 aromatic rings. The Balaban J connectivity index is 1.60. The van der Waals surface area contributed by atoms with Gasteiger partial charge in [0.2, 0.25) is 0 Å². The summed E-state index contributed by atoms with van der Waals surface area (Å²) in [7, 11) is 0. The summed E-state index contributed by atoms with van der Waals surface area (Å²) < 4.78 is 39.1. The minimum Gasteiger partial charge on any atom is -0.379 e. The molecule has 1 fully saturated rings. The average molecular weight is 590 g/mol. The van der Waals surface area contributed by atoms with Gasteiger partial charge >= 0.3 is 0 Å². The van der Waals surface area contributed by atoms with Crippen LogP contribution < -0.4 is 5.32 Å². The van der Waals surface area contributed by atoms with E-state index in [0.29, 0.717) is 85.4 Å². The molecule has 0 aromatic carbocycles. The van der Waals surface area contributed by atoms with E-state index in [0.717, 1.165) is 39.0 Å². The van der Waals surface area contributed by atoms with E-state index >= 15 is 0 Å². The molecular weight excluding hydrogens is 522 g/mol. The summed E-state index contributed by atoms with van der Waals surface area (Å²) in [5.74, 6) is 0. The maximum atomic E-state index is 5.80. The van der Waals surface area contributed by atoms with Gasteiger partial charge < -0.3 is 38.5 Å². The maximum absolute atomic E-state index is 5.80. The van der Waals surface area contributed by atoms with Gasteiger partial charge in [0.05, 0.1) is 85.4 Å². The Labute approximate surface area is 253 Å². The standard InChI is InChI=1S/C33H67NO7/c1-2-3-4-5-6-7-8-9-10-11-12-13-14-15-20-35-21-22-36-23-24-37-25-26-38-27-28-39-29-30-40-31-32-41-33-16-18-34-19-17-33/h33-34H,2-32H2,1H3. The number of nitrogens with one attached hydrogen (secondary N) is 1. The number of unbranched alkanes of at least 4 members (excludes halogenated alkanes) is 13. The van der Waals surface area contributed by atoms with E-state index in [1.165, 1.54) is 83.5 Å². The Bertz CT molecular complexity index is 480. The fourth-order valence-corrected chi connectivity index (χ4v) is 4.84. The molecule has 1 saturated heterocycles. The largest absolute Gasteiger partial charge is 0.379 e. The fourth-order valence-electron chi connectivity index (χ4n) is 4.84. The van der Waals surface area contributed by atoms with Gasteiger partial charge in [0.1, 0.15) is 0 Å². The summed E-state index contributed by atoms with van der Waals surface area (Å²) >= 11 is 0. The number of hydrogen-bond acceptors (Lipinski definition) is 8. The second kappa shape index (κ2) is 34.2. The first kappa shape index (κ1) is 38.7. The molecule has 1 aliphatic rings. The highest BCUT2D eigenvalue weighted by Gasteiger charge is 2.12. The topological polar surface area (TPSA) is 76.6 Å². The third-order valence-electron chi connectivity index (χ3n) is 7.37. The van der Waals surface area contributed by atoms with Crippen LogP contribution in [0.4, 0.5) is 0 Å². The summed E-state index contributed by atoms with van der Waals surface area (Å²) in [6, 6.07) is 0. The van der Waals surface area contributed by atoms with Crippen LogP contribution in [0.15, 0.2) is 0 Å². The molecule has 0 saturated carbocycles. The predicted octanol–water partition coefficient (Wildman–Crippen LogP) is 6.34. The van der Waals surface area contributed by atoms with Gasteiger partial charge in [-0.15, -0.1) is 0 Å². The van der Waals surface area contributed by atoms with Crippen molar-refractivity contribution in [2.24, 2.45) is 0 Å². The van der Waals surface area contributed by atoms with Crippen molar-refractivity contribution < 1.29 is 33.2 Å². The van der Waals surface area contributed by atoms with Crippen molar-refractivity contribution in [2.75, 3.05) is 99.0 Å². The molecule has 0 unspecified atom stereocenters. The van der Waals surface area contributed by atoms with Crippen LogP contribution in [0.5, 0.6) is 0 Å². The monoisotopic (exact) mass is 589 g/mol. The van der Waals surface area contributed by atoms with E-state index in [2.05, 4.69) is 12.2 Å².